The van der Waals surface area contributed by atoms with Gasteiger partial charge in [-0.15, -0.1) is 10.2 Å². The number of nitrogens with zero attached hydrogens (tertiary/aromatic N) is 4. The van der Waals surface area contributed by atoms with Crippen molar-refractivity contribution in [1.29, 1.82) is 0 Å². The number of amides is 1. The van der Waals surface area contributed by atoms with E-state index < -0.39 is 11.7 Å². The normalized spacial score (nSPS) is 17.4. The molecule has 1 aliphatic rings. The Morgan fingerprint density at radius 1 is 1.00 bits per heavy atom. The number of rotatable bonds is 2. The lowest BCUT2D eigenvalue weighted by atomic mass is 9.95. The van der Waals surface area contributed by atoms with Gasteiger partial charge < -0.3 is 4.90 Å². The molecule has 0 radical (unpaired) electrons. The Kier molecular flexibility index (Phi) is 4.64. The van der Waals surface area contributed by atoms with E-state index in [1.807, 2.05) is 42.5 Å². The molecule has 5 rings (SSSR count). The van der Waals surface area contributed by atoms with E-state index in [0.717, 1.165) is 35.9 Å². The van der Waals surface area contributed by atoms with Gasteiger partial charge in [0, 0.05) is 30.8 Å². The zero-order chi connectivity index (χ0) is 21.6. The van der Waals surface area contributed by atoms with Crippen LogP contribution in [0.1, 0.15) is 40.5 Å². The summed E-state index contributed by atoms with van der Waals surface area (Å²) in [6.45, 7) is 0.988. The molecule has 0 spiro atoms. The standard InChI is InChI=1S/C23H19F3N4O/c24-23(25,26)17-10-11-20-27-28-21(30(20)14-17)16-7-4-12-29(13-16)22(31)19-9-3-6-15-5-1-2-8-18(15)19/h1-3,5-6,8-11,14,16H,4,7,12-13H2. The molecule has 4 aromatic rings. The molecule has 1 saturated heterocycles. The Morgan fingerprint density at radius 2 is 1.81 bits per heavy atom. The van der Waals surface area contributed by atoms with Crippen molar-refractivity contribution in [3.8, 4) is 0 Å². The molecule has 158 valence electrons. The van der Waals surface area contributed by atoms with Crippen molar-refractivity contribution < 1.29 is 18.0 Å². The molecular formula is C23H19F3N4O. The zero-order valence-corrected chi connectivity index (χ0v) is 16.5. The summed E-state index contributed by atoms with van der Waals surface area (Å²) in [6.07, 6.45) is -1.93. The summed E-state index contributed by atoms with van der Waals surface area (Å²) in [5, 5.41) is 10.1. The monoisotopic (exact) mass is 424 g/mol. The summed E-state index contributed by atoms with van der Waals surface area (Å²) < 4.78 is 40.9. The maximum atomic E-state index is 13.3. The van der Waals surface area contributed by atoms with Gasteiger partial charge in [0.2, 0.25) is 0 Å². The van der Waals surface area contributed by atoms with Crippen molar-refractivity contribution in [3.05, 3.63) is 77.7 Å². The van der Waals surface area contributed by atoms with Crippen LogP contribution >= 0.6 is 0 Å². The third-order valence-corrected chi connectivity index (χ3v) is 5.85. The number of likely N-dealkylation sites (tertiary alicyclic amines) is 1. The fourth-order valence-electron chi connectivity index (χ4n) is 4.31. The van der Waals surface area contributed by atoms with Gasteiger partial charge in [0.1, 0.15) is 5.82 Å². The van der Waals surface area contributed by atoms with Crippen LogP contribution in [0.3, 0.4) is 0 Å². The summed E-state index contributed by atoms with van der Waals surface area (Å²) >= 11 is 0. The predicted octanol–water partition coefficient (Wildman–Crippen LogP) is 4.92. The summed E-state index contributed by atoms with van der Waals surface area (Å²) in [5.41, 5.74) is 0.241. The van der Waals surface area contributed by atoms with Gasteiger partial charge >= 0.3 is 6.18 Å². The predicted molar refractivity (Wildman–Crippen MR) is 110 cm³/mol. The first-order valence-corrected chi connectivity index (χ1v) is 10.1. The minimum Gasteiger partial charge on any atom is -0.338 e. The van der Waals surface area contributed by atoms with Crippen LogP contribution in [0.4, 0.5) is 13.2 Å². The number of hydrogen-bond donors (Lipinski definition) is 0. The van der Waals surface area contributed by atoms with Crippen molar-refractivity contribution in [1.82, 2.24) is 19.5 Å². The lowest BCUT2D eigenvalue weighted by molar-refractivity contribution is -0.137. The number of carbonyl (C=O) groups excluding carboxylic acids is 1. The summed E-state index contributed by atoms with van der Waals surface area (Å²) in [5.74, 6) is 0.189. The number of halogens is 3. The molecule has 31 heavy (non-hydrogen) atoms. The van der Waals surface area contributed by atoms with E-state index in [4.69, 9.17) is 0 Å². The molecule has 0 bridgehead atoms. The minimum atomic E-state index is -4.45. The summed E-state index contributed by atoms with van der Waals surface area (Å²) in [6, 6.07) is 15.7. The second kappa shape index (κ2) is 7.37. The Morgan fingerprint density at radius 3 is 2.65 bits per heavy atom. The van der Waals surface area contributed by atoms with E-state index in [1.54, 1.807) is 4.90 Å². The molecular weight excluding hydrogens is 405 g/mol. The average molecular weight is 424 g/mol. The van der Waals surface area contributed by atoms with Gasteiger partial charge in [0.15, 0.2) is 5.65 Å². The van der Waals surface area contributed by atoms with Crippen LogP contribution in [0.2, 0.25) is 0 Å². The maximum Gasteiger partial charge on any atom is 0.417 e. The van der Waals surface area contributed by atoms with Gasteiger partial charge in [0.25, 0.3) is 5.91 Å². The Bertz CT molecular complexity index is 1280. The Labute approximate surface area is 176 Å². The molecule has 1 unspecified atom stereocenters. The van der Waals surface area contributed by atoms with Gasteiger partial charge in [-0.2, -0.15) is 13.2 Å². The number of alkyl halides is 3. The second-order valence-corrected chi connectivity index (χ2v) is 7.82. The fraction of sp³-hybridized carbons (Fsp3) is 0.261. The number of piperidine rings is 1. The molecule has 8 heteroatoms. The molecule has 0 N–H and O–H groups in total. The highest BCUT2D eigenvalue weighted by Crippen LogP contribution is 2.32. The fourth-order valence-corrected chi connectivity index (χ4v) is 4.31. The first-order chi connectivity index (χ1) is 14.9. The van der Waals surface area contributed by atoms with E-state index in [2.05, 4.69) is 10.2 Å². The van der Waals surface area contributed by atoms with Crippen LogP contribution in [-0.2, 0) is 6.18 Å². The van der Waals surface area contributed by atoms with Gasteiger partial charge in [-0.1, -0.05) is 36.4 Å². The highest BCUT2D eigenvalue weighted by molar-refractivity contribution is 6.07. The molecule has 1 fully saturated rings. The zero-order valence-electron chi connectivity index (χ0n) is 16.5. The van der Waals surface area contributed by atoms with Crippen molar-refractivity contribution in [3.63, 3.8) is 0 Å². The molecule has 1 atom stereocenters. The third kappa shape index (κ3) is 3.52. The van der Waals surface area contributed by atoms with Gasteiger partial charge in [-0.25, -0.2) is 0 Å². The van der Waals surface area contributed by atoms with Gasteiger partial charge in [-0.3, -0.25) is 9.20 Å². The number of pyridine rings is 1. The number of carbonyl (C=O) groups is 1. The molecule has 5 nitrogen and oxygen atoms in total. The van der Waals surface area contributed by atoms with E-state index >= 15 is 0 Å². The molecule has 0 aliphatic carbocycles. The van der Waals surface area contributed by atoms with E-state index in [9.17, 15) is 18.0 Å². The molecule has 1 aliphatic heterocycles. The summed E-state index contributed by atoms with van der Waals surface area (Å²) in [4.78, 5) is 15.1. The van der Waals surface area contributed by atoms with E-state index in [0.29, 0.717) is 30.1 Å². The molecule has 2 aromatic heterocycles. The number of hydrogen-bond acceptors (Lipinski definition) is 3. The third-order valence-electron chi connectivity index (χ3n) is 5.85. The second-order valence-electron chi connectivity index (χ2n) is 7.82. The van der Waals surface area contributed by atoms with Crippen molar-refractivity contribution in [2.45, 2.75) is 24.9 Å². The van der Waals surface area contributed by atoms with E-state index in [-0.39, 0.29) is 11.8 Å². The average Bonchev–Trinajstić information content (AvgIpc) is 3.21. The van der Waals surface area contributed by atoms with Gasteiger partial charge in [-0.05, 0) is 41.8 Å². The molecule has 3 heterocycles. The maximum absolute atomic E-state index is 13.3. The number of fused-ring (bicyclic) bond motifs is 2. The van der Waals surface area contributed by atoms with Crippen LogP contribution < -0.4 is 0 Å². The van der Waals surface area contributed by atoms with E-state index in [1.165, 1.54) is 10.5 Å². The minimum absolute atomic E-state index is 0.0775. The smallest absolute Gasteiger partial charge is 0.338 e. The lowest BCUT2D eigenvalue weighted by Gasteiger charge is -2.32. The van der Waals surface area contributed by atoms with Crippen LogP contribution in [0.25, 0.3) is 16.4 Å². The topological polar surface area (TPSA) is 50.5 Å². The highest BCUT2D eigenvalue weighted by atomic mass is 19.4. The molecule has 0 saturated carbocycles. The van der Waals surface area contributed by atoms with Crippen LogP contribution in [-0.4, -0.2) is 38.5 Å². The summed E-state index contributed by atoms with van der Waals surface area (Å²) in [7, 11) is 0. The van der Waals surface area contributed by atoms with Crippen molar-refractivity contribution in [2.75, 3.05) is 13.1 Å². The van der Waals surface area contributed by atoms with Crippen molar-refractivity contribution in [2.24, 2.45) is 0 Å². The quantitative estimate of drug-likeness (QED) is 0.459. The van der Waals surface area contributed by atoms with Crippen molar-refractivity contribution >= 4 is 22.3 Å². The SMILES string of the molecule is O=C(c1cccc2ccccc12)N1CCCC(c2nnc3ccc(C(F)(F)F)cn23)C1. The Hall–Kier alpha value is -3.42. The van der Waals surface area contributed by atoms with Gasteiger partial charge in [0.05, 0.1) is 5.56 Å². The molecule has 1 amide bonds. The Balaban J connectivity index is 1.46. The largest absolute Gasteiger partial charge is 0.417 e. The first-order valence-electron chi connectivity index (χ1n) is 10.1. The number of aromatic nitrogens is 3. The first kappa shape index (κ1) is 19.5. The number of benzene rings is 2. The van der Waals surface area contributed by atoms with Crippen LogP contribution in [0.5, 0.6) is 0 Å². The highest BCUT2D eigenvalue weighted by Gasteiger charge is 2.33. The van der Waals surface area contributed by atoms with Crippen LogP contribution in [0.15, 0.2) is 60.8 Å². The lowest BCUT2D eigenvalue weighted by Crippen LogP contribution is -2.39. The van der Waals surface area contributed by atoms with Crippen LogP contribution in [0, 0.1) is 0 Å². The molecule has 2 aromatic carbocycles.